The Kier molecular flexibility index (Phi) is 5.40. The number of aryl methyl sites for hydroxylation is 1. The fourth-order valence-electron chi connectivity index (χ4n) is 2.78. The number of hydrogen-bond acceptors (Lipinski definition) is 6. The van der Waals surface area contributed by atoms with Gasteiger partial charge >= 0.3 is 5.97 Å². The number of para-hydroxylation sites is 1. The largest absolute Gasteiger partial charge is 0.497 e. The number of nitrogens with zero attached hydrogens (tertiary/aromatic N) is 2. The maximum Gasteiger partial charge on any atom is 0.338 e. The topological polar surface area (TPSA) is 79.7 Å². The van der Waals surface area contributed by atoms with E-state index in [1.807, 2.05) is 6.07 Å². The second kappa shape index (κ2) is 7.90. The number of aromatic nitrogens is 2. The number of benzene rings is 2. The summed E-state index contributed by atoms with van der Waals surface area (Å²) in [5.74, 6) is 1.03. The monoisotopic (exact) mass is 368 g/mol. The van der Waals surface area contributed by atoms with Gasteiger partial charge in [0.25, 0.3) is 5.56 Å². The summed E-state index contributed by atoms with van der Waals surface area (Å²) in [6.07, 6.45) is 0. The SMILES string of the molecule is COc1cc(OC)cc(C(=O)OCCn2c(C)nc3ccccc3c2=O)c1. The van der Waals surface area contributed by atoms with Crippen LogP contribution in [-0.4, -0.2) is 36.3 Å². The number of methoxy groups -OCH3 is 2. The zero-order chi connectivity index (χ0) is 19.4. The molecule has 0 atom stereocenters. The van der Waals surface area contributed by atoms with E-state index in [0.29, 0.717) is 33.8 Å². The Bertz CT molecular complexity index is 1020. The number of esters is 1. The molecule has 140 valence electrons. The molecule has 27 heavy (non-hydrogen) atoms. The third-order valence-corrected chi connectivity index (χ3v) is 4.19. The molecule has 0 amide bonds. The summed E-state index contributed by atoms with van der Waals surface area (Å²) in [6.45, 7) is 2.01. The van der Waals surface area contributed by atoms with Crippen molar-refractivity contribution in [2.45, 2.75) is 13.5 Å². The van der Waals surface area contributed by atoms with Gasteiger partial charge in [-0.2, -0.15) is 0 Å². The molecule has 0 fully saturated rings. The van der Waals surface area contributed by atoms with Crippen LogP contribution >= 0.6 is 0 Å². The molecule has 1 heterocycles. The van der Waals surface area contributed by atoms with E-state index >= 15 is 0 Å². The summed E-state index contributed by atoms with van der Waals surface area (Å²) in [7, 11) is 3.01. The smallest absolute Gasteiger partial charge is 0.338 e. The molecule has 0 aliphatic rings. The lowest BCUT2D eigenvalue weighted by Gasteiger charge is -2.12. The van der Waals surface area contributed by atoms with Crippen LogP contribution in [0.15, 0.2) is 47.3 Å². The molecule has 0 aliphatic carbocycles. The second-order valence-corrected chi connectivity index (χ2v) is 5.87. The van der Waals surface area contributed by atoms with Crippen LogP contribution in [0.25, 0.3) is 10.9 Å². The average molecular weight is 368 g/mol. The fraction of sp³-hybridized carbons (Fsp3) is 0.250. The number of fused-ring (bicyclic) bond motifs is 1. The first-order chi connectivity index (χ1) is 13.0. The van der Waals surface area contributed by atoms with Gasteiger partial charge in [0, 0.05) is 6.07 Å². The predicted octanol–water partition coefficient (Wildman–Crippen LogP) is 2.58. The lowest BCUT2D eigenvalue weighted by Crippen LogP contribution is -2.26. The number of carbonyl (C=O) groups excluding carboxylic acids is 1. The molecule has 0 aliphatic heterocycles. The average Bonchev–Trinajstić information content (AvgIpc) is 2.69. The van der Waals surface area contributed by atoms with E-state index in [4.69, 9.17) is 14.2 Å². The molecular formula is C20H20N2O5. The lowest BCUT2D eigenvalue weighted by atomic mass is 10.2. The number of rotatable bonds is 6. The molecule has 7 heteroatoms. The van der Waals surface area contributed by atoms with E-state index in [9.17, 15) is 9.59 Å². The van der Waals surface area contributed by atoms with E-state index in [1.165, 1.54) is 18.8 Å². The minimum absolute atomic E-state index is 0.0408. The van der Waals surface area contributed by atoms with E-state index in [1.54, 1.807) is 43.3 Å². The Balaban J connectivity index is 1.74. The van der Waals surface area contributed by atoms with Crippen molar-refractivity contribution in [2.24, 2.45) is 0 Å². The van der Waals surface area contributed by atoms with Crippen molar-refractivity contribution in [2.75, 3.05) is 20.8 Å². The summed E-state index contributed by atoms with van der Waals surface area (Å²) in [5.41, 5.74) is 0.806. The highest BCUT2D eigenvalue weighted by Gasteiger charge is 2.13. The first kappa shape index (κ1) is 18.4. The van der Waals surface area contributed by atoms with Crippen LogP contribution in [-0.2, 0) is 11.3 Å². The van der Waals surface area contributed by atoms with Crippen molar-refractivity contribution in [3.05, 3.63) is 64.2 Å². The second-order valence-electron chi connectivity index (χ2n) is 5.87. The number of hydrogen-bond donors (Lipinski definition) is 0. The lowest BCUT2D eigenvalue weighted by molar-refractivity contribution is 0.0488. The normalized spacial score (nSPS) is 10.6. The molecular weight excluding hydrogens is 348 g/mol. The van der Waals surface area contributed by atoms with Crippen LogP contribution in [0.4, 0.5) is 0 Å². The summed E-state index contributed by atoms with van der Waals surface area (Å²) in [6, 6.07) is 12.0. The van der Waals surface area contributed by atoms with Crippen LogP contribution in [0, 0.1) is 6.92 Å². The van der Waals surface area contributed by atoms with Crippen LogP contribution < -0.4 is 15.0 Å². The molecule has 0 unspecified atom stereocenters. The molecule has 0 N–H and O–H groups in total. The van der Waals surface area contributed by atoms with Gasteiger partial charge in [0.05, 0.1) is 37.2 Å². The predicted molar refractivity (Wildman–Crippen MR) is 101 cm³/mol. The van der Waals surface area contributed by atoms with Gasteiger partial charge in [-0.15, -0.1) is 0 Å². The molecule has 3 aromatic rings. The van der Waals surface area contributed by atoms with Crippen molar-refractivity contribution in [3.8, 4) is 11.5 Å². The molecule has 3 rings (SSSR count). The van der Waals surface area contributed by atoms with E-state index in [2.05, 4.69) is 4.98 Å². The highest BCUT2D eigenvalue weighted by Crippen LogP contribution is 2.23. The third-order valence-electron chi connectivity index (χ3n) is 4.19. The quantitative estimate of drug-likeness (QED) is 0.622. The molecule has 0 saturated carbocycles. The fourth-order valence-corrected chi connectivity index (χ4v) is 2.78. The maximum absolute atomic E-state index is 12.6. The Labute approximate surface area is 156 Å². The van der Waals surface area contributed by atoms with Crippen molar-refractivity contribution >= 4 is 16.9 Å². The van der Waals surface area contributed by atoms with Crippen LogP contribution in [0.1, 0.15) is 16.2 Å². The molecule has 7 nitrogen and oxygen atoms in total. The highest BCUT2D eigenvalue weighted by atomic mass is 16.5. The highest BCUT2D eigenvalue weighted by molar-refractivity contribution is 5.90. The standard InChI is InChI=1S/C20H20N2O5/c1-13-21-18-7-5-4-6-17(18)19(23)22(13)8-9-27-20(24)14-10-15(25-2)12-16(11-14)26-3/h4-7,10-12H,8-9H2,1-3H3. The van der Waals surface area contributed by atoms with Gasteiger partial charge in [0.1, 0.15) is 23.9 Å². The van der Waals surface area contributed by atoms with Gasteiger partial charge < -0.3 is 14.2 Å². The summed E-state index contributed by atoms with van der Waals surface area (Å²) >= 11 is 0. The number of carbonyl (C=O) groups is 1. The zero-order valence-corrected chi connectivity index (χ0v) is 15.4. The van der Waals surface area contributed by atoms with Gasteiger partial charge in [-0.1, -0.05) is 12.1 Å². The van der Waals surface area contributed by atoms with Crippen LogP contribution in [0.5, 0.6) is 11.5 Å². The Hall–Kier alpha value is -3.35. The Morgan fingerprint density at radius 1 is 1.07 bits per heavy atom. The summed E-state index contributed by atoms with van der Waals surface area (Å²) < 4.78 is 17.1. The van der Waals surface area contributed by atoms with Gasteiger partial charge in [-0.05, 0) is 31.2 Å². The van der Waals surface area contributed by atoms with Crippen molar-refractivity contribution < 1.29 is 19.0 Å². The van der Waals surface area contributed by atoms with Gasteiger partial charge in [-0.3, -0.25) is 9.36 Å². The van der Waals surface area contributed by atoms with Crippen molar-refractivity contribution in [1.82, 2.24) is 9.55 Å². The molecule has 0 bridgehead atoms. The van der Waals surface area contributed by atoms with Crippen LogP contribution in [0.3, 0.4) is 0 Å². The zero-order valence-electron chi connectivity index (χ0n) is 15.4. The first-order valence-electron chi connectivity index (χ1n) is 8.40. The molecule has 0 radical (unpaired) electrons. The van der Waals surface area contributed by atoms with Gasteiger partial charge in [-0.25, -0.2) is 9.78 Å². The molecule has 1 aromatic heterocycles. The van der Waals surface area contributed by atoms with Crippen molar-refractivity contribution in [3.63, 3.8) is 0 Å². The van der Waals surface area contributed by atoms with Crippen molar-refractivity contribution in [1.29, 1.82) is 0 Å². The van der Waals surface area contributed by atoms with E-state index in [0.717, 1.165) is 0 Å². The molecule has 2 aromatic carbocycles. The molecule has 0 saturated heterocycles. The minimum atomic E-state index is -0.522. The maximum atomic E-state index is 12.6. The van der Waals surface area contributed by atoms with Gasteiger partial charge in [0.2, 0.25) is 0 Å². The Morgan fingerprint density at radius 2 is 1.74 bits per heavy atom. The Morgan fingerprint density at radius 3 is 2.41 bits per heavy atom. The van der Waals surface area contributed by atoms with Crippen LogP contribution in [0.2, 0.25) is 0 Å². The molecule has 0 spiro atoms. The minimum Gasteiger partial charge on any atom is -0.497 e. The number of ether oxygens (including phenoxy) is 3. The van der Waals surface area contributed by atoms with E-state index in [-0.39, 0.29) is 18.7 Å². The van der Waals surface area contributed by atoms with Gasteiger partial charge in [0.15, 0.2) is 0 Å². The van der Waals surface area contributed by atoms with E-state index < -0.39 is 5.97 Å². The summed E-state index contributed by atoms with van der Waals surface area (Å²) in [5, 5.41) is 0.534. The summed E-state index contributed by atoms with van der Waals surface area (Å²) in [4.78, 5) is 29.4. The first-order valence-corrected chi connectivity index (χ1v) is 8.40. The third kappa shape index (κ3) is 3.92.